The van der Waals surface area contributed by atoms with Gasteiger partial charge in [-0.25, -0.2) is 0 Å². The highest BCUT2D eigenvalue weighted by atomic mass is 79.9. The van der Waals surface area contributed by atoms with Crippen LogP contribution in [0.4, 0.5) is 0 Å². The summed E-state index contributed by atoms with van der Waals surface area (Å²) in [6.45, 7) is 4.87. The van der Waals surface area contributed by atoms with Crippen LogP contribution < -0.4 is 11.1 Å². The van der Waals surface area contributed by atoms with Crippen LogP contribution in [0, 0.1) is 0 Å². The fourth-order valence-corrected chi connectivity index (χ4v) is 1.01. The van der Waals surface area contributed by atoms with Crippen molar-refractivity contribution < 1.29 is 9.59 Å². The first-order chi connectivity index (χ1) is 5.43. The van der Waals surface area contributed by atoms with E-state index in [1.807, 2.05) is 0 Å². The Morgan fingerprint density at radius 3 is 2.42 bits per heavy atom. The number of rotatable bonds is 4. The summed E-state index contributed by atoms with van der Waals surface area (Å²) in [6, 6.07) is -0.672. The molecule has 0 fully saturated rings. The molecule has 2 amide bonds. The van der Waals surface area contributed by atoms with Gasteiger partial charge in [0.1, 0.15) is 6.04 Å². The SMILES string of the molecule is C=C(Br)C[C@@H](NC(C)=O)C(N)=O. The third-order valence-corrected chi connectivity index (χ3v) is 1.47. The summed E-state index contributed by atoms with van der Waals surface area (Å²) >= 11 is 3.08. The summed E-state index contributed by atoms with van der Waals surface area (Å²) < 4.78 is 0.625. The van der Waals surface area contributed by atoms with E-state index < -0.39 is 11.9 Å². The van der Waals surface area contributed by atoms with E-state index in [4.69, 9.17) is 5.73 Å². The van der Waals surface area contributed by atoms with Crippen molar-refractivity contribution in [2.75, 3.05) is 0 Å². The number of amides is 2. The van der Waals surface area contributed by atoms with E-state index in [-0.39, 0.29) is 5.91 Å². The topological polar surface area (TPSA) is 72.2 Å². The lowest BCUT2D eigenvalue weighted by molar-refractivity contribution is -0.126. The Balaban J connectivity index is 4.14. The molecular weight excluding hydrogens is 224 g/mol. The molecule has 0 radical (unpaired) electrons. The lowest BCUT2D eigenvalue weighted by Gasteiger charge is -2.12. The second kappa shape index (κ2) is 4.92. The number of carbonyl (C=O) groups is 2. The quantitative estimate of drug-likeness (QED) is 0.734. The molecule has 0 saturated heterocycles. The largest absolute Gasteiger partial charge is 0.368 e. The Morgan fingerprint density at radius 1 is 1.67 bits per heavy atom. The normalized spacial score (nSPS) is 11.8. The lowest BCUT2D eigenvalue weighted by atomic mass is 10.2. The van der Waals surface area contributed by atoms with Gasteiger partial charge in [-0.3, -0.25) is 9.59 Å². The second-order valence-electron chi connectivity index (χ2n) is 2.38. The fraction of sp³-hybridized carbons (Fsp3) is 0.429. The van der Waals surface area contributed by atoms with E-state index in [9.17, 15) is 9.59 Å². The zero-order valence-corrected chi connectivity index (χ0v) is 8.35. The molecule has 0 aromatic carbocycles. The van der Waals surface area contributed by atoms with E-state index in [0.29, 0.717) is 10.9 Å². The molecule has 0 aliphatic heterocycles. The molecular formula is C7H11BrN2O2. The van der Waals surface area contributed by atoms with Crippen LogP contribution in [0.15, 0.2) is 11.1 Å². The predicted octanol–water partition coefficient (Wildman–Crippen LogP) is 0.275. The van der Waals surface area contributed by atoms with Gasteiger partial charge in [0.25, 0.3) is 0 Å². The lowest BCUT2D eigenvalue weighted by Crippen LogP contribution is -2.43. The molecule has 3 N–H and O–H groups in total. The Morgan fingerprint density at radius 2 is 2.17 bits per heavy atom. The standard InChI is InChI=1S/C7H11BrN2O2/c1-4(8)3-6(7(9)12)10-5(2)11/h6H,1,3H2,2H3,(H2,9,12)(H,10,11)/t6-/m1/s1. The zero-order chi connectivity index (χ0) is 9.72. The maximum atomic E-state index is 10.7. The Labute approximate surface area is 79.3 Å². The minimum Gasteiger partial charge on any atom is -0.368 e. The van der Waals surface area contributed by atoms with E-state index in [0.717, 1.165) is 0 Å². The molecule has 0 aliphatic rings. The first-order valence-corrected chi connectivity index (χ1v) is 4.12. The van der Waals surface area contributed by atoms with Gasteiger partial charge >= 0.3 is 0 Å². The Hall–Kier alpha value is -0.840. The van der Waals surface area contributed by atoms with Gasteiger partial charge in [-0.2, -0.15) is 0 Å². The Kier molecular flexibility index (Phi) is 4.58. The molecule has 0 unspecified atom stereocenters. The third kappa shape index (κ3) is 4.90. The molecule has 0 aromatic rings. The second-order valence-corrected chi connectivity index (χ2v) is 3.50. The van der Waals surface area contributed by atoms with Gasteiger partial charge < -0.3 is 11.1 Å². The number of hydrogen-bond donors (Lipinski definition) is 2. The molecule has 0 bridgehead atoms. The van der Waals surface area contributed by atoms with E-state index in [2.05, 4.69) is 27.8 Å². The van der Waals surface area contributed by atoms with Crippen molar-refractivity contribution in [1.29, 1.82) is 0 Å². The minimum atomic E-state index is -0.672. The van der Waals surface area contributed by atoms with E-state index in [1.165, 1.54) is 6.92 Å². The van der Waals surface area contributed by atoms with Crippen LogP contribution >= 0.6 is 15.9 Å². The average molecular weight is 235 g/mol. The van der Waals surface area contributed by atoms with Gasteiger partial charge in [0.2, 0.25) is 11.8 Å². The van der Waals surface area contributed by atoms with E-state index >= 15 is 0 Å². The molecule has 4 nitrogen and oxygen atoms in total. The van der Waals surface area contributed by atoms with Crippen LogP contribution in [-0.4, -0.2) is 17.9 Å². The molecule has 0 rings (SSSR count). The molecule has 0 aliphatic carbocycles. The van der Waals surface area contributed by atoms with E-state index in [1.54, 1.807) is 0 Å². The van der Waals surface area contributed by atoms with Crippen molar-refractivity contribution in [2.24, 2.45) is 5.73 Å². The van der Waals surface area contributed by atoms with Gasteiger partial charge in [0.15, 0.2) is 0 Å². The average Bonchev–Trinajstić information content (AvgIpc) is 1.83. The first-order valence-electron chi connectivity index (χ1n) is 3.33. The van der Waals surface area contributed by atoms with Crippen LogP contribution in [0.25, 0.3) is 0 Å². The van der Waals surface area contributed by atoms with Crippen LogP contribution in [0.3, 0.4) is 0 Å². The summed E-state index contributed by atoms with van der Waals surface area (Å²) in [5.74, 6) is -0.849. The smallest absolute Gasteiger partial charge is 0.240 e. The van der Waals surface area contributed by atoms with Gasteiger partial charge in [-0.1, -0.05) is 22.5 Å². The van der Waals surface area contributed by atoms with Crippen molar-refractivity contribution in [2.45, 2.75) is 19.4 Å². The van der Waals surface area contributed by atoms with Crippen molar-refractivity contribution in [3.8, 4) is 0 Å². The molecule has 0 aromatic heterocycles. The van der Waals surface area contributed by atoms with Crippen molar-refractivity contribution in [3.05, 3.63) is 11.1 Å². The number of nitrogens with two attached hydrogens (primary N) is 1. The molecule has 0 spiro atoms. The van der Waals surface area contributed by atoms with Crippen molar-refractivity contribution in [3.63, 3.8) is 0 Å². The van der Waals surface area contributed by atoms with Gasteiger partial charge in [-0.15, -0.1) is 0 Å². The summed E-state index contributed by atoms with van der Waals surface area (Å²) in [4.78, 5) is 21.3. The highest BCUT2D eigenvalue weighted by Gasteiger charge is 2.15. The molecule has 5 heteroatoms. The zero-order valence-electron chi connectivity index (χ0n) is 6.76. The third-order valence-electron chi connectivity index (χ3n) is 1.15. The number of nitrogens with one attached hydrogen (secondary N) is 1. The van der Waals surface area contributed by atoms with Crippen molar-refractivity contribution in [1.82, 2.24) is 5.32 Å². The summed E-state index contributed by atoms with van der Waals surface area (Å²) in [6.07, 6.45) is 0.314. The number of halogens is 1. The van der Waals surface area contributed by atoms with Gasteiger partial charge in [-0.05, 0) is 4.48 Å². The van der Waals surface area contributed by atoms with Crippen molar-refractivity contribution >= 4 is 27.7 Å². The molecule has 1 atom stereocenters. The van der Waals surface area contributed by atoms with Crippen LogP contribution in [0.2, 0.25) is 0 Å². The molecule has 0 saturated carbocycles. The molecule has 68 valence electrons. The highest BCUT2D eigenvalue weighted by Crippen LogP contribution is 2.09. The van der Waals surface area contributed by atoms with Gasteiger partial charge in [0.05, 0.1) is 0 Å². The summed E-state index contributed by atoms with van der Waals surface area (Å²) in [5, 5.41) is 2.41. The maximum Gasteiger partial charge on any atom is 0.240 e. The van der Waals surface area contributed by atoms with Crippen LogP contribution in [0.1, 0.15) is 13.3 Å². The van der Waals surface area contributed by atoms with Gasteiger partial charge in [0, 0.05) is 13.3 Å². The Bertz CT molecular complexity index is 199. The highest BCUT2D eigenvalue weighted by molar-refractivity contribution is 9.11. The summed E-state index contributed by atoms with van der Waals surface area (Å²) in [7, 11) is 0. The number of hydrogen-bond acceptors (Lipinski definition) is 2. The monoisotopic (exact) mass is 234 g/mol. The number of primary amides is 1. The molecule has 12 heavy (non-hydrogen) atoms. The fourth-order valence-electron chi connectivity index (χ4n) is 0.690. The minimum absolute atomic E-state index is 0.285. The van der Waals surface area contributed by atoms with Crippen LogP contribution in [-0.2, 0) is 9.59 Å². The molecule has 0 heterocycles. The predicted molar refractivity (Wildman–Crippen MR) is 49.5 cm³/mol. The first kappa shape index (κ1) is 11.2. The van der Waals surface area contributed by atoms with Crippen LogP contribution in [0.5, 0.6) is 0 Å². The number of carbonyl (C=O) groups excluding carboxylic acids is 2. The summed E-state index contributed by atoms with van der Waals surface area (Å²) in [5.41, 5.74) is 5.02. The maximum absolute atomic E-state index is 10.7.